The van der Waals surface area contributed by atoms with Gasteiger partial charge >= 0.3 is 11.9 Å². The molecule has 380 valence electrons. The second-order valence-corrected chi connectivity index (χ2v) is 22.4. The van der Waals surface area contributed by atoms with E-state index >= 15 is 0 Å². The van der Waals surface area contributed by atoms with Crippen molar-refractivity contribution < 1.29 is 24.2 Å². The van der Waals surface area contributed by atoms with Crippen LogP contribution in [0, 0.1) is 47.3 Å². The molecule has 0 amide bonds. The lowest BCUT2D eigenvalue weighted by atomic mass is 9.84. The molecule has 0 saturated carbocycles. The van der Waals surface area contributed by atoms with E-state index in [4.69, 9.17) is 24.5 Å². The summed E-state index contributed by atoms with van der Waals surface area (Å²) in [4.78, 5) is 43.9. The lowest BCUT2D eigenvalue weighted by molar-refractivity contribution is -0.157. The molecule has 0 aromatic heterocycles. The Labute approximate surface area is 421 Å². The van der Waals surface area contributed by atoms with Gasteiger partial charge in [0.2, 0.25) is 0 Å². The Morgan fingerprint density at radius 3 is 2.07 bits per heavy atom. The van der Waals surface area contributed by atoms with Crippen LogP contribution in [0.3, 0.4) is 0 Å². The number of nitrogens with zero attached hydrogens (tertiary/aromatic N) is 3. The van der Waals surface area contributed by atoms with Crippen molar-refractivity contribution in [1.82, 2.24) is 5.32 Å². The molecule has 9 heteroatoms. The summed E-state index contributed by atoms with van der Waals surface area (Å²) in [7, 11) is 0. The molecule has 1 saturated heterocycles. The lowest BCUT2D eigenvalue weighted by Crippen LogP contribution is -2.33. The minimum absolute atomic E-state index is 0.0636. The number of nitrogens with one attached hydrogen (secondary N) is 1. The summed E-state index contributed by atoms with van der Waals surface area (Å²) in [6.45, 7) is 34.5. The van der Waals surface area contributed by atoms with Gasteiger partial charge in [0.05, 0.1) is 34.2 Å². The predicted octanol–water partition coefficient (Wildman–Crippen LogP) is 15.0. The highest BCUT2D eigenvalue weighted by Crippen LogP contribution is 2.49. The van der Waals surface area contributed by atoms with Gasteiger partial charge in [-0.25, -0.2) is 15.0 Å². The fraction of sp³-hybridized carbons (Fsp3) is 0.590. The van der Waals surface area contributed by atoms with Gasteiger partial charge in [0, 0.05) is 46.4 Å². The van der Waals surface area contributed by atoms with Gasteiger partial charge < -0.3 is 19.9 Å². The maximum atomic E-state index is 14.7. The summed E-state index contributed by atoms with van der Waals surface area (Å²) in [6.07, 6.45) is 22.4. The van der Waals surface area contributed by atoms with Crippen LogP contribution in [0.1, 0.15) is 174 Å². The van der Waals surface area contributed by atoms with E-state index in [9.17, 15) is 14.7 Å². The summed E-state index contributed by atoms with van der Waals surface area (Å²) < 4.78 is 12.2. The molecule has 0 radical (unpaired) electrons. The van der Waals surface area contributed by atoms with E-state index in [1.165, 1.54) is 50.5 Å². The molecule has 5 atom stereocenters. The van der Waals surface area contributed by atoms with Crippen molar-refractivity contribution in [3.63, 3.8) is 0 Å². The van der Waals surface area contributed by atoms with Gasteiger partial charge in [0.1, 0.15) is 24.4 Å². The third kappa shape index (κ3) is 12.3. The SMILES string of the molecule is C=CC1=C(C)C2=NC1=CC1=NC(=CC3=C(C)C4=C(O)[C@H](C(=O)OC(C(C)C)C(C)C)C(=C5NC(=C2)[C@@H](C)[C@@H]5CCC(=O)OC/C=C(\C)CCC[C@H](C)CCC[C@H](C)CCCC(C)C)C4=N3)C(CC)=C1C. The van der Waals surface area contributed by atoms with Crippen molar-refractivity contribution in [3.05, 3.63) is 116 Å². The van der Waals surface area contributed by atoms with E-state index in [1.807, 2.05) is 52.8 Å². The summed E-state index contributed by atoms with van der Waals surface area (Å²) >= 11 is 0. The number of allylic oxidation sites excluding steroid dienone is 12. The Hall–Kier alpha value is -5.05. The fourth-order valence-electron chi connectivity index (χ4n) is 11.3. The van der Waals surface area contributed by atoms with Gasteiger partial charge in [-0.05, 0) is 130 Å². The molecule has 70 heavy (non-hydrogen) atoms. The first kappa shape index (κ1) is 54.3. The van der Waals surface area contributed by atoms with E-state index in [2.05, 4.69) is 86.4 Å². The molecule has 9 nitrogen and oxygen atoms in total. The Morgan fingerprint density at radius 2 is 1.44 bits per heavy atom. The molecule has 5 aliphatic heterocycles. The topological polar surface area (TPSA) is 122 Å². The van der Waals surface area contributed by atoms with E-state index in [0.29, 0.717) is 34.9 Å². The number of esters is 2. The maximum absolute atomic E-state index is 14.7. The molecule has 0 spiro atoms. The van der Waals surface area contributed by atoms with Crippen LogP contribution in [0.2, 0.25) is 0 Å². The van der Waals surface area contributed by atoms with Gasteiger partial charge in [-0.1, -0.05) is 132 Å². The highest BCUT2D eigenvalue weighted by molar-refractivity contribution is 6.24. The lowest BCUT2D eigenvalue weighted by Gasteiger charge is -2.27. The summed E-state index contributed by atoms with van der Waals surface area (Å²) in [5, 5.41) is 16.1. The van der Waals surface area contributed by atoms with E-state index in [-0.39, 0.29) is 54.5 Å². The summed E-state index contributed by atoms with van der Waals surface area (Å²) in [6, 6.07) is 0. The smallest absolute Gasteiger partial charge is 0.321 e. The number of aliphatic imine (C=N–C) groups is 3. The fourth-order valence-corrected chi connectivity index (χ4v) is 11.3. The molecule has 5 heterocycles. The maximum Gasteiger partial charge on any atom is 0.321 e. The third-order valence-corrected chi connectivity index (χ3v) is 15.7. The van der Waals surface area contributed by atoms with Crippen molar-refractivity contribution in [3.8, 4) is 0 Å². The monoisotopic (exact) mass is 955 g/mol. The summed E-state index contributed by atoms with van der Waals surface area (Å²) in [5.41, 5.74) is 13.4. The van der Waals surface area contributed by atoms with Gasteiger partial charge in [-0.15, -0.1) is 0 Å². The molecule has 6 rings (SSSR count). The van der Waals surface area contributed by atoms with Crippen molar-refractivity contribution in [2.75, 3.05) is 6.61 Å². The highest BCUT2D eigenvalue weighted by Gasteiger charge is 2.50. The highest BCUT2D eigenvalue weighted by atomic mass is 16.5. The van der Waals surface area contributed by atoms with Gasteiger partial charge in [0.15, 0.2) is 0 Å². The normalized spacial score (nSPS) is 22.1. The Bertz CT molecular complexity index is 2440. The minimum Gasteiger partial charge on any atom is -0.510 e. The first-order valence-electron chi connectivity index (χ1n) is 26.9. The van der Waals surface area contributed by atoms with Crippen molar-refractivity contribution in [1.29, 1.82) is 0 Å². The van der Waals surface area contributed by atoms with Gasteiger partial charge in [-0.3, -0.25) is 9.59 Å². The minimum atomic E-state index is -1.11. The Kier molecular flexibility index (Phi) is 18.5. The number of aliphatic hydroxyl groups excluding tert-OH is 1. The van der Waals surface area contributed by atoms with Gasteiger partial charge in [0.25, 0.3) is 0 Å². The van der Waals surface area contributed by atoms with Crippen LogP contribution in [0.5, 0.6) is 0 Å². The standard InChI is InChI=1S/C61H86N4O5/c1-16-44-40(12)47-31-49-42(14)46(27-28-53(66)69-30-29-39(11)26-20-25-38(10)24-19-23-37(9)22-18-21-34(3)4)57(64-49)55-56(61(68)70-60(35(5)6)36(7)8)59(67)54-43(15)50(65-58(54)55)33-52-45(17-2)41(13)48(63-52)32-51(44)62-47/h16,29,31-38,42,46,56,60,64,67H,1,17-28,30H2,2-15H3/b39-29+,49-31?,51-32?,52-33?,57-55?/t37-,38-,42+,46+,56-/m1/s1. The average molecular weight is 955 g/mol. The predicted molar refractivity (Wildman–Crippen MR) is 289 cm³/mol. The molecule has 8 bridgehead atoms. The molecule has 2 N–H and O–H groups in total. The van der Waals surface area contributed by atoms with Crippen molar-refractivity contribution in [2.24, 2.45) is 62.3 Å². The molecule has 1 aliphatic carbocycles. The number of rotatable bonds is 23. The van der Waals surface area contributed by atoms with Crippen molar-refractivity contribution >= 4 is 29.1 Å². The van der Waals surface area contributed by atoms with E-state index in [1.54, 1.807) is 0 Å². The van der Waals surface area contributed by atoms with Crippen molar-refractivity contribution in [2.45, 2.75) is 180 Å². The Balaban J connectivity index is 1.26. The van der Waals surface area contributed by atoms with Crippen LogP contribution >= 0.6 is 0 Å². The van der Waals surface area contributed by atoms with E-state index < -0.39 is 11.9 Å². The molecule has 0 unspecified atom stereocenters. The molecular weight excluding hydrogens is 869 g/mol. The largest absolute Gasteiger partial charge is 0.510 e. The number of aliphatic hydroxyl groups is 1. The van der Waals surface area contributed by atoms with Crippen LogP contribution in [-0.4, -0.2) is 46.9 Å². The number of hydrogen-bond donors (Lipinski definition) is 2. The third-order valence-electron chi connectivity index (χ3n) is 15.7. The number of carbonyl (C=O) groups is 2. The number of ether oxygens (including phenoxy) is 2. The molecular formula is C61H86N4O5. The quantitative estimate of drug-likeness (QED) is 0.0777. The second kappa shape index (κ2) is 23.9. The van der Waals surface area contributed by atoms with Crippen LogP contribution in [0.25, 0.3) is 0 Å². The summed E-state index contributed by atoms with van der Waals surface area (Å²) in [5.74, 6) is 0.114. The molecule has 1 fully saturated rings. The molecule has 0 aromatic carbocycles. The van der Waals surface area contributed by atoms with Crippen LogP contribution < -0.4 is 5.32 Å². The van der Waals surface area contributed by atoms with Crippen LogP contribution in [-0.2, 0) is 19.1 Å². The Morgan fingerprint density at radius 1 is 0.814 bits per heavy atom. The first-order valence-corrected chi connectivity index (χ1v) is 26.9. The molecule has 6 aliphatic rings. The van der Waals surface area contributed by atoms with Crippen LogP contribution in [0.4, 0.5) is 0 Å². The van der Waals surface area contributed by atoms with Gasteiger partial charge in [-0.2, -0.15) is 0 Å². The number of fused-ring (bicyclic) bond motifs is 5. The zero-order valence-corrected chi connectivity index (χ0v) is 45.4. The second-order valence-electron chi connectivity index (χ2n) is 22.4. The average Bonchev–Trinajstić information content (AvgIpc) is 4.04. The molecule has 0 aromatic rings. The zero-order chi connectivity index (χ0) is 51.1. The number of hydrogen-bond acceptors (Lipinski definition) is 9. The van der Waals surface area contributed by atoms with E-state index in [0.717, 1.165) is 93.2 Å². The first-order chi connectivity index (χ1) is 33.2. The number of carbonyl (C=O) groups excluding carboxylic acids is 2. The van der Waals surface area contributed by atoms with Crippen LogP contribution in [0.15, 0.2) is 131 Å². The zero-order valence-electron chi connectivity index (χ0n) is 45.4.